The second-order valence-electron chi connectivity index (χ2n) is 9.92. The van der Waals surface area contributed by atoms with Gasteiger partial charge in [-0.15, -0.1) is 34.8 Å². The molecular formula is C23H27Cl3O5. The van der Waals surface area contributed by atoms with Crippen molar-refractivity contribution in [3.05, 3.63) is 23.8 Å². The predicted octanol–water partition coefficient (Wildman–Crippen LogP) is 3.95. The predicted molar refractivity (Wildman–Crippen MR) is 118 cm³/mol. The summed E-state index contributed by atoms with van der Waals surface area (Å²) in [7, 11) is 0. The third-order valence-electron chi connectivity index (χ3n) is 8.59. The van der Waals surface area contributed by atoms with Gasteiger partial charge in [0.15, 0.2) is 12.4 Å². The Kier molecular flexibility index (Phi) is 5.49. The molecule has 8 heteroatoms. The van der Waals surface area contributed by atoms with Gasteiger partial charge in [-0.2, -0.15) is 0 Å². The molecule has 0 aromatic rings. The van der Waals surface area contributed by atoms with Crippen LogP contribution in [0.3, 0.4) is 0 Å². The van der Waals surface area contributed by atoms with E-state index in [1.807, 2.05) is 19.9 Å². The van der Waals surface area contributed by atoms with Gasteiger partial charge in [0, 0.05) is 29.0 Å². The lowest BCUT2D eigenvalue weighted by atomic mass is 9.46. The molecular weight excluding hydrogens is 463 g/mol. The van der Waals surface area contributed by atoms with Gasteiger partial charge < -0.3 is 9.84 Å². The van der Waals surface area contributed by atoms with Crippen molar-refractivity contribution in [3.63, 3.8) is 0 Å². The van der Waals surface area contributed by atoms with Gasteiger partial charge in [-0.25, -0.2) is 0 Å². The topological polar surface area (TPSA) is 80.7 Å². The van der Waals surface area contributed by atoms with E-state index in [9.17, 15) is 19.5 Å². The highest BCUT2D eigenvalue weighted by Crippen LogP contribution is 2.72. The summed E-state index contributed by atoms with van der Waals surface area (Å²) in [5.74, 6) is -1.62. The van der Waals surface area contributed by atoms with Crippen LogP contribution in [0.25, 0.3) is 0 Å². The molecule has 1 N–H and O–H groups in total. The number of halogens is 3. The molecule has 8 atom stereocenters. The van der Waals surface area contributed by atoms with Crippen molar-refractivity contribution < 1.29 is 24.2 Å². The molecule has 0 aromatic heterocycles. The van der Waals surface area contributed by atoms with Crippen LogP contribution in [0.2, 0.25) is 0 Å². The van der Waals surface area contributed by atoms with Gasteiger partial charge >= 0.3 is 5.97 Å². The molecule has 0 bridgehead atoms. The van der Waals surface area contributed by atoms with Gasteiger partial charge in [0.05, 0.1) is 10.3 Å². The summed E-state index contributed by atoms with van der Waals surface area (Å²) in [5, 5.41) is 10.6. The molecule has 0 spiro atoms. The smallest absolute Gasteiger partial charge is 0.303 e. The maximum Gasteiger partial charge on any atom is 0.303 e. The summed E-state index contributed by atoms with van der Waals surface area (Å²) in [6.07, 6.45) is 6.57. The first-order valence-corrected chi connectivity index (χ1v) is 11.9. The van der Waals surface area contributed by atoms with Crippen LogP contribution in [0.4, 0.5) is 0 Å². The molecule has 4 aliphatic carbocycles. The fourth-order valence-electron chi connectivity index (χ4n) is 6.83. The maximum absolute atomic E-state index is 13.0. The lowest BCUT2D eigenvalue weighted by Crippen LogP contribution is -2.69. The Hall–Kier alpha value is -0.880. The highest BCUT2D eigenvalue weighted by molar-refractivity contribution is 6.35. The maximum atomic E-state index is 13.0. The van der Waals surface area contributed by atoms with E-state index in [1.54, 1.807) is 6.08 Å². The number of allylic oxidation sites excluding steroid dienone is 4. The number of carbonyl (C=O) groups is 3. The number of hydrogen-bond donors (Lipinski definition) is 1. The van der Waals surface area contributed by atoms with E-state index in [0.29, 0.717) is 19.3 Å². The number of hydrogen-bond acceptors (Lipinski definition) is 5. The zero-order chi connectivity index (χ0) is 23.0. The van der Waals surface area contributed by atoms with E-state index >= 15 is 0 Å². The first-order valence-electron chi connectivity index (χ1n) is 10.6. The zero-order valence-corrected chi connectivity index (χ0v) is 20.1. The van der Waals surface area contributed by atoms with Gasteiger partial charge in [-0.1, -0.05) is 25.5 Å². The second-order valence-corrected chi connectivity index (χ2v) is 11.6. The average molecular weight is 490 g/mol. The minimum absolute atomic E-state index is 0.0897. The van der Waals surface area contributed by atoms with Gasteiger partial charge in [0.2, 0.25) is 5.78 Å². The van der Waals surface area contributed by atoms with Crippen LogP contribution in [0.15, 0.2) is 23.8 Å². The number of aliphatic hydroxyl groups is 1. The number of esters is 1. The molecule has 0 aromatic carbocycles. The molecule has 0 unspecified atom stereocenters. The van der Waals surface area contributed by atoms with Crippen molar-refractivity contribution in [2.75, 3.05) is 6.61 Å². The van der Waals surface area contributed by atoms with Gasteiger partial charge in [-0.05, 0) is 43.8 Å². The van der Waals surface area contributed by atoms with Crippen molar-refractivity contribution >= 4 is 52.3 Å². The third-order valence-corrected chi connectivity index (χ3v) is 10.5. The number of ketones is 2. The number of carbonyl (C=O) groups excluding carboxylic acids is 3. The van der Waals surface area contributed by atoms with Gasteiger partial charge in [0.1, 0.15) is 5.60 Å². The van der Waals surface area contributed by atoms with Crippen LogP contribution in [0.1, 0.15) is 46.5 Å². The summed E-state index contributed by atoms with van der Waals surface area (Å²) in [5.41, 5.74) is -2.32. The summed E-state index contributed by atoms with van der Waals surface area (Å²) in [4.78, 5) is 35.2. The van der Waals surface area contributed by atoms with Crippen molar-refractivity contribution in [1.82, 2.24) is 0 Å². The van der Waals surface area contributed by atoms with E-state index in [0.717, 1.165) is 5.57 Å². The summed E-state index contributed by atoms with van der Waals surface area (Å²) in [6.45, 7) is 4.62. The molecule has 0 heterocycles. The molecule has 0 amide bonds. The highest BCUT2D eigenvalue weighted by Gasteiger charge is 2.74. The van der Waals surface area contributed by atoms with Crippen molar-refractivity contribution in [2.24, 2.45) is 22.7 Å². The molecule has 170 valence electrons. The number of rotatable bonds is 3. The Morgan fingerprint density at radius 3 is 2.61 bits per heavy atom. The van der Waals surface area contributed by atoms with Crippen LogP contribution >= 0.6 is 34.8 Å². The number of fused-ring (bicyclic) bond motifs is 5. The molecule has 5 nitrogen and oxygen atoms in total. The number of Topliss-reactive ketones (excluding diaryl/α,β-unsaturated/α-hetero) is 1. The van der Waals surface area contributed by atoms with Crippen LogP contribution in [-0.2, 0) is 19.1 Å². The lowest BCUT2D eigenvalue weighted by Gasteiger charge is -2.65. The van der Waals surface area contributed by atoms with Gasteiger partial charge in [-0.3, -0.25) is 14.4 Å². The third kappa shape index (κ3) is 2.96. The SMILES string of the molecule is CC(=O)OCC(=O)[C@@]1(O)CC[C@H]2[C@@H]3[C@H](Cl)CC4=CC(=O)C=C[C@]4(C)[C@@]3(Cl)[C@@H](Cl)C[C@@]21C. The number of alkyl halides is 3. The average Bonchev–Trinajstić information content (AvgIpc) is 2.94. The first-order chi connectivity index (χ1) is 14.3. The van der Waals surface area contributed by atoms with Crippen LogP contribution in [0, 0.1) is 22.7 Å². The van der Waals surface area contributed by atoms with Crippen LogP contribution < -0.4 is 0 Å². The Bertz CT molecular complexity index is 915. The molecule has 0 radical (unpaired) electrons. The van der Waals surface area contributed by atoms with E-state index in [2.05, 4.69) is 0 Å². The highest BCUT2D eigenvalue weighted by atomic mass is 35.5. The zero-order valence-electron chi connectivity index (χ0n) is 17.8. The van der Waals surface area contributed by atoms with Crippen molar-refractivity contribution in [2.45, 2.75) is 67.7 Å². The summed E-state index contributed by atoms with van der Waals surface area (Å²) in [6, 6.07) is 0. The Morgan fingerprint density at radius 1 is 1.29 bits per heavy atom. The largest absolute Gasteiger partial charge is 0.458 e. The molecule has 3 saturated carbocycles. The summed E-state index contributed by atoms with van der Waals surface area (Å²) >= 11 is 21.4. The number of ether oxygens (including phenoxy) is 1. The first kappa shape index (κ1) is 23.3. The monoisotopic (exact) mass is 488 g/mol. The molecule has 0 aliphatic heterocycles. The standard InChI is InChI=1S/C23H27Cl3O5/c1-12(27)31-11-18(29)22(30)7-5-15-19-16(24)9-13-8-14(28)4-6-20(13,2)23(19,26)17(25)10-21(15,22)3/h4,6,8,15-17,19,30H,5,7,9-11H2,1-3H3/t15-,16+,17-,19+,20-,21-,22-,23+/m0/s1. The van der Waals surface area contributed by atoms with E-state index < -0.39 is 50.4 Å². The lowest BCUT2D eigenvalue weighted by molar-refractivity contribution is -0.167. The van der Waals surface area contributed by atoms with Gasteiger partial charge in [0.25, 0.3) is 0 Å². The fraction of sp³-hybridized carbons (Fsp3) is 0.696. The summed E-state index contributed by atoms with van der Waals surface area (Å²) < 4.78 is 4.90. The molecule has 4 aliphatic rings. The Labute approximate surface area is 197 Å². The van der Waals surface area contributed by atoms with E-state index in [1.165, 1.54) is 13.0 Å². The molecule has 3 fully saturated rings. The molecule has 31 heavy (non-hydrogen) atoms. The minimum atomic E-state index is -1.68. The quantitative estimate of drug-likeness (QED) is 0.479. The Morgan fingerprint density at radius 2 is 1.97 bits per heavy atom. The molecule has 4 rings (SSSR count). The second kappa shape index (κ2) is 7.31. The minimum Gasteiger partial charge on any atom is -0.458 e. The van der Waals surface area contributed by atoms with Crippen molar-refractivity contribution in [1.29, 1.82) is 0 Å². The Balaban J connectivity index is 1.76. The molecule has 0 saturated heterocycles. The van der Waals surface area contributed by atoms with Crippen molar-refractivity contribution in [3.8, 4) is 0 Å². The normalized spacial score (nSPS) is 48.4. The van der Waals surface area contributed by atoms with E-state index in [4.69, 9.17) is 39.5 Å². The van der Waals surface area contributed by atoms with Crippen LogP contribution in [-0.4, -0.2) is 50.5 Å². The van der Waals surface area contributed by atoms with E-state index in [-0.39, 0.29) is 24.0 Å². The fourth-order valence-corrected chi connectivity index (χ4v) is 8.70. The van der Waals surface area contributed by atoms with Crippen LogP contribution in [0.5, 0.6) is 0 Å².